The lowest BCUT2D eigenvalue weighted by atomic mass is 10.2. The van der Waals surface area contributed by atoms with Gasteiger partial charge in [-0.3, -0.25) is 4.79 Å². The number of sulfonamides is 1. The minimum absolute atomic E-state index is 0.117. The Kier molecular flexibility index (Phi) is 6.03. The first-order valence-electron chi connectivity index (χ1n) is 9.55. The van der Waals surface area contributed by atoms with Gasteiger partial charge in [-0.25, -0.2) is 8.42 Å². The van der Waals surface area contributed by atoms with Gasteiger partial charge in [0.15, 0.2) is 18.1 Å². The fraction of sp³-hybridized carbons (Fsp3) is 0.350. The van der Waals surface area contributed by atoms with Crippen LogP contribution in [-0.4, -0.2) is 45.1 Å². The number of amides is 1. The summed E-state index contributed by atoms with van der Waals surface area (Å²) in [4.78, 5) is 12.3. The zero-order valence-corrected chi connectivity index (χ0v) is 17.7. The van der Waals surface area contributed by atoms with Crippen molar-refractivity contribution >= 4 is 33.2 Å². The number of halogens is 1. The summed E-state index contributed by atoms with van der Waals surface area (Å²) in [6, 6.07) is 9.33. The van der Waals surface area contributed by atoms with E-state index in [-0.39, 0.29) is 29.1 Å². The number of ether oxygens (including phenoxy) is 3. The fourth-order valence-corrected chi connectivity index (χ4v) is 5.17. The summed E-state index contributed by atoms with van der Waals surface area (Å²) in [5.74, 6) is 1.02. The molecule has 0 bridgehead atoms. The summed E-state index contributed by atoms with van der Waals surface area (Å²) >= 11 is 6.21. The second-order valence-corrected chi connectivity index (χ2v) is 9.31. The molecule has 0 aromatic heterocycles. The molecule has 160 valence electrons. The number of piperidine rings is 1. The van der Waals surface area contributed by atoms with Crippen LogP contribution in [0.5, 0.6) is 17.2 Å². The van der Waals surface area contributed by atoms with Gasteiger partial charge in [0.25, 0.3) is 5.91 Å². The van der Waals surface area contributed by atoms with Crippen LogP contribution >= 0.6 is 11.6 Å². The highest BCUT2D eigenvalue weighted by Crippen LogP contribution is 2.34. The highest BCUT2D eigenvalue weighted by Gasteiger charge is 2.26. The monoisotopic (exact) mass is 452 g/mol. The molecule has 2 aliphatic rings. The lowest BCUT2D eigenvalue weighted by Crippen LogP contribution is -2.35. The van der Waals surface area contributed by atoms with Crippen molar-refractivity contribution < 1.29 is 27.4 Å². The second-order valence-electron chi connectivity index (χ2n) is 6.96. The topological polar surface area (TPSA) is 94.2 Å². The van der Waals surface area contributed by atoms with Crippen molar-refractivity contribution in [3.63, 3.8) is 0 Å². The summed E-state index contributed by atoms with van der Waals surface area (Å²) in [5.41, 5.74) is 0.543. The van der Waals surface area contributed by atoms with Crippen molar-refractivity contribution in [2.75, 3.05) is 31.8 Å². The number of anilines is 1. The number of nitrogens with zero attached hydrogens (tertiary/aromatic N) is 1. The van der Waals surface area contributed by atoms with Gasteiger partial charge in [-0.2, -0.15) is 4.31 Å². The van der Waals surface area contributed by atoms with E-state index in [1.807, 2.05) is 0 Å². The number of hydrogen-bond donors (Lipinski definition) is 1. The maximum Gasteiger partial charge on any atom is 0.262 e. The molecule has 1 saturated heterocycles. The van der Waals surface area contributed by atoms with Gasteiger partial charge in [0.2, 0.25) is 16.8 Å². The van der Waals surface area contributed by atoms with Crippen molar-refractivity contribution in [1.82, 2.24) is 4.31 Å². The number of carbonyl (C=O) groups excluding carboxylic acids is 1. The van der Waals surface area contributed by atoms with E-state index >= 15 is 0 Å². The van der Waals surface area contributed by atoms with E-state index < -0.39 is 15.9 Å². The number of hydrogen-bond acceptors (Lipinski definition) is 6. The molecule has 30 heavy (non-hydrogen) atoms. The van der Waals surface area contributed by atoms with E-state index in [2.05, 4.69) is 5.32 Å². The first kappa shape index (κ1) is 20.8. The molecule has 0 spiro atoms. The van der Waals surface area contributed by atoms with E-state index in [4.69, 9.17) is 25.8 Å². The second kappa shape index (κ2) is 8.71. The molecule has 1 N–H and O–H groups in total. The molecule has 0 unspecified atom stereocenters. The predicted molar refractivity (Wildman–Crippen MR) is 111 cm³/mol. The van der Waals surface area contributed by atoms with Crippen LogP contribution in [0.1, 0.15) is 19.3 Å². The maximum absolute atomic E-state index is 12.7. The predicted octanol–water partition coefficient (Wildman–Crippen LogP) is 3.26. The van der Waals surface area contributed by atoms with E-state index in [1.54, 1.807) is 18.2 Å². The Balaban J connectivity index is 1.37. The Morgan fingerprint density at radius 1 is 1.07 bits per heavy atom. The van der Waals surface area contributed by atoms with Gasteiger partial charge in [-0.05, 0) is 43.2 Å². The quantitative estimate of drug-likeness (QED) is 0.723. The SMILES string of the molecule is O=C(COc1ccc(S(=O)(=O)N2CCCCC2)cc1Cl)Nc1ccc2c(c1)OCO2. The van der Waals surface area contributed by atoms with E-state index in [1.165, 1.54) is 22.5 Å². The van der Waals surface area contributed by atoms with Crippen molar-refractivity contribution in [1.29, 1.82) is 0 Å². The van der Waals surface area contributed by atoms with Crippen LogP contribution in [0.15, 0.2) is 41.3 Å². The standard InChI is InChI=1S/C20H21ClN2O6S/c21-16-11-15(30(25,26)23-8-2-1-3-9-23)5-7-17(16)27-12-20(24)22-14-4-6-18-19(10-14)29-13-28-18/h4-7,10-11H,1-3,8-9,12-13H2,(H,22,24). The summed E-state index contributed by atoms with van der Waals surface area (Å²) in [5, 5.41) is 2.82. The molecule has 2 aromatic carbocycles. The Labute approximate surface area is 179 Å². The number of nitrogens with one attached hydrogen (secondary N) is 1. The highest BCUT2D eigenvalue weighted by atomic mass is 35.5. The normalized spacial score (nSPS) is 16.3. The Hall–Kier alpha value is -2.49. The van der Waals surface area contributed by atoms with Crippen molar-refractivity contribution in [3.05, 3.63) is 41.4 Å². The largest absolute Gasteiger partial charge is 0.482 e. The Bertz CT molecular complexity index is 1050. The van der Waals surface area contributed by atoms with Crippen LogP contribution in [0.4, 0.5) is 5.69 Å². The lowest BCUT2D eigenvalue weighted by Gasteiger charge is -2.26. The van der Waals surface area contributed by atoms with Crippen molar-refractivity contribution in [2.45, 2.75) is 24.2 Å². The van der Waals surface area contributed by atoms with E-state index in [9.17, 15) is 13.2 Å². The van der Waals surface area contributed by atoms with E-state index in [0.717, 1.165) is 19.3 Å². The molecular weight excluding hydrogens is 432 g/mol. The van der Waals surface area contributed by atoms with Crippen LogP contribution < -0.4 is 19.5 Å². The molecule has 10 heteroatoms. The third-order valence-corrected chi connectivity index (χ3v) is 7.06. The minimum atomic E-state index is -3.59. The van der Waals surface area contributed by atoms with Crippen LogP contribution in [0.2, 0.25) is 5.02 Å². The summed E-state index contributed by atoms with van der Waals surface area (Å²) in [7, 11) is -3.59. The van der Waals surface area contributed by atoms with Crippen LogP contribution in [0.25, 0.3) is 0 Å². The third kappa shape index (κ3) is 4.48. The number of fused-ring (bicyclic) bond motifs is 1. The van der Waals surface area contributed by atoms with Gasteiger partial charge >= 0.3 is 0 Å². The zero-order valence-electron chi connectivity index (χ0n) is 16.1. The van der Waals surface area contributed by atoms with Gasteiger partial charge in [-0.1, -0.05) is 18.0 Å². The molecular formula is C20H21ClN2O6S. The molecule has 1 amide bonds. The fourth-order valence-electron chi connectivity index (χ4n) is 3.33. The average molecular weight is 453 g/mol. The van der Waals surface area contributed by atoms with Crippen LogP contribution in [0, 0.1) is 0 Å². The van der Waals surface area contributed by atoms with Gasteiger partial charge in [0.05, 0.1) is 9.92 Å². The number of carbonyl (C=O) groups is 1. The lowest BCUT2D eigenvalue weighted by molar-refractivity contribution is -0.118. The summed E-state index contributed by atoms with van der Waals surface area (Å²) in [6.45, 7) is 0.890. The molecule has 2 heterocycles. The zero-order chi connectivity index (χ0) is 21.1. The minimum Gasteiger partial charge on any atom is -0.482 e. The molecule has 2 aliphatic heterocycles. The Morgan fingerprint density at radius 3 is 2.60 bits per heavy atom. The average Bonchev–Trinajstić information content (AvgIpc) is 3.21. The molecule has 8 nitrogen and oxygen atoms in total. The molecule has 0 radical (unpaired) electrons. The summed E-state index contributed by atoms with van der Waals surface area (Å²) in [6.07, 6.45) is 2.74. The highest BCUT2D eigenvalue weighted by molar-refractivity contribution is 7.89. The van der Waals surface area contributed by atoms with Gasteiger partial charge in [0, 0.05) is 24.8 Å². The van der Waals surface area contributed by atoms with Crippen molar-refractivity contribution in [2.24, 2.45) is 0 Å². The number of benzene rings is 2. The molecule has 4 rings (SSSR count). The Morgan fingerprint density at radius 2 is 1.83 bits per heavy atom. The number of rotatable bonds is 6. The molecule has 2 aromatic rings. The van der Waals surface area contributed by atoms with Gasteiger partial charge < -0.3 is 19.5 Å². The summed E-state index contributed by atoms with van der Waals surface area (Å²) < 4.78 is 42.9. The third-order valence-electron chi connectivity index (χ3n) is 4.87. The van der Waals surface area contributed by atoms with Crippen LogP contribution in [0.3, 0.4) is 0 Å². The van der Waals surface area contributed by atoms with Gasteiger partial charge in [0.1, 0.15) is 5.75 Å². The van der Waals surface area contributed by atoms with Gasteiger partial charge in [-0.15, -0.1) is 0 Å². The molecule has 0 atom stereocenters. The first-order chi connectivity index (χ1) is 14.4. The first-order valence-corrected chi connectivity index (χ1v) is 11.4. The molecule has 0 aliphatic carbocycles. The maximum atomic E-state index is 12.7. The van der Waals surface area contributed by atoms with Crippen molar-refractivity contribution in [3.8, 4) is 17.2 Å². The smallest absolute Gasteiger partial charge is 0.262 e. The van der Waals surface area contributed by atoms with E-state index in [0.29, 0.717) is 30.3 Å². The molecule has 0 saturated carbocycles. The van der Waals surface area contributed by atoms with Crippen LogP contribution in [-0.2, 0) is 14.8 Å². The molecule has 1 fully saturated rings.